The monoisotopic (exact) mass is 320 g/mol. The molecule has 2 rings (SSSR count). The summed E-state index contributed by atoms with van der Waals surface area (Å²) in [5.74, 6) is 0.300. The molecule has 0 bridgehead atoms. The zero-order valence-electron chi connectivity index (χ0n) is 13.1. The molecule has 6 nitrogen and oxygen atoms in total. The van der Waals surface area contributed by atoms with Crippen LogP contribution in [-0.4, -0.2) is 29.1 Å². The summed E-state index contributed by atoms with van der Waals surface area (Å²) in [5, 5.41) is 6.63. The van der Waals surface area contributed by atoms with Crippen molar-refractivity contribution >= 4 is 5.91 Å². The molecule has 124 valence electrons. The number of aromatic nitrogens is 2. The van der Waals surface area contributed by atoms with E-state index < -0.39 is 0 Å². The van der Waals surface area contributed by atoms with Crippen LogP contribution in [0, 0.1) is 12.7 Å². The van der Waals surface area contributed by atoms with Gasteiger partial charge in [-0.25, -0.2) is 4.39 Å². The Morgan fingerprint density at radius 1 is 1.39 bits per heavy atom. The van der Waals surface area contributed by atoms with Gasteiger partial charge in [-0.1, -0.05) is 17.3 Å². The maximum absolute atomic E-state index is 13.6. The Morgan fingerprint density at radius 3 is 2.96 bits per heavy atom. The van der Waals surface area contributed by atoms with E-state index in [9.17, 15) is 9.18 Å². The Balaban J connectivity index is 1.85. The molecule has 0 fully saturated rings. The van der Waals surface area contributed by atoms with Crippen LogP contribution in [0.3, 0.4) is 0 Å². The van der Waals surface area contributed by atoms with E-state index in [2.05, 4.69) is 15.5 Å². The van der Waals surface area contributed by atoms with Crippen molar-refractivity contribution in [2.75, 3.05) is 13.1 Å². The lowest BCUT2D eigenvalue weighted by molar-refractivity contribution is -0.121. The highest BCUT2D eigenvalue weighted by molar-refractivity contribution is 5.75. The normalized spacial score (nSPS) is 10.7. The lowest BCUT2D eigenvalue weighted by atomic mass is 10.1. The molecule has 0 radical (unpaired) electrons. The van der Waals surface area contributed by atoms with E-state index in [-0.39, 0.29) is 18.1 Å². The van der Waals surface area contributed by atoms with Gasteiger partial charge in [0.1, 0.15) is 5.82 Å². The molecule has 0 aliphatic rings. The van der Waals surface area contributed by atoms with E-state index >= 15 is 0 Å². The smallest absolute Gasteiger partial charge is 0.227 e. The molecule has 7 heteroatoms. The third kappa shape index (κ3) is 5.14. The minimum absolute atomic E-state index is 0.0665. The van der Waals surface area contributed by atoms with Gasteiger partial charge < -0.3 is 15.6 Å². The maximum atomic E-state index is 13.6. The average Bonchev–Trinajstić information content (AvgIpc) is 3.01. The maximum Gasteiger partial charge on any atom is 0.227 e. The van der Waals surface area contributed by atoms with Gasteiger partial charge in [0.2, 0.25) is 17.6 Å². The fraction of sp³-hybridized carbons (Fsp3) is 0.438. The van der Waals surface area contributed by atoms with E-state index in [0.717, 1.165) is 12.8 Å². The van der Waals surface area contributed by atoms with Crippen LogP contribution in [0.2, 0.25) is 0 Å². The number of nitrogens with two attached hydrogens (primary N) is 1. The van der Waals surface area contributed by atoms with Crippen LogP contribution < -0.4 is 11.1 Å². The molecule has 23 heavy (non-hydrogen) atoms. The molecule has 1 heterocycles. The Labute approximate surface area is 134 Å². The van der Waals surface area contributed by atoms with E-state index in [0.29, 0.717) is 42.4 Å². The van der Waals surface area contributed by atoms with Gasteiger partial charge in [-0.05, 0) is 37.9 Å². The van der Waals surface area contributed by atoms with Crippen molar-refractivity contribution in [2.24, 2.45) is 5.73 Å². The second-order valence-electron chi connectivity index (χ2n) is 5.32. The van der Waals surface area contributed by atoms with Gasteiger partial charge >= 0.3 is 0 Å². The molecule has 0 atom stereocenters. The van der Waals surface area contributed by atoms with Gasteiger partial charge in [0.15, 0.2) is 0 Å². The SMILES string of the molecule is Cc1ccc(-c2noc(CCC(=O)NCCCCN)n2)cc1F. The first-order chi connectivity index (χ1) is 11.1. The molecule has 1 aromatic heterocycles. The Morgan fingerprint density at radius 2 is 2.22 bits per heavy atom. The highest BCUT2D eigenvalue weighted by Crippen LogP contribution is 2.19. The zero-order chi connectivity index (χ0) is 16.7. The second kappa shape index (κ2) is 8.38. The summed E-state index contributed by atoms with van der Waals surface area (Å²) in [6.07, 6.45) is 2.38. The number of halogens is 1. The van der Waals surface area contributed by atoms with Gasteiger partial charge in [0.25, 0.3) is 0 Å². The minimum atomic E-state index is -0.314. The number of hydrogen-bond acceptors (Lipinski definition) is 5. The topological polar surface area (TPSA) is 94.0 Å². The first kappa shape index (κ1) is 17.1. The van der Waals surface area contributed by atoms with Crippen LogP contribution in [0.15, 0.2) is 22.7 Å². The zero-order valence-corrected chi connectivity index (χ0v) is 13.1. The molecular weight excluding hydrogens is 299 g/mol. The lowest BCUT2D eigenvalue weighted by Gasteiger charge is -2.02. The van der Waals surface area contributed by atoms with Crippen LogP contribution in [0.1, 0.15) is 30.7 Å². The molecule has 1 amide bonds. The van der Waals surface area contributed by atoms with Gasteiger partial charge in [-0.3, -0.25) is 4.79 Å². The van der Waals surface area contributed by atoms with Crippen LogP contribution in [0.4, 0.5) is 4.39 Å². The number of carbonyl (C=O) groups is 1. The fourth-order valence-electron chi connectivity index (χ4n) is 2.01. The van der Waals surface area contributed by atoms with Crippen LogP contribution in [0.25, 0.3) is 11.4 Å². The molecule has 0 saturated heterocycles. The molecule has 2 aromatic rings. The van der Waals surface area contributed by atoms with E-state index in [1.165, 1.54) is 6.07 Å². The Hall–Kier alpha value is -2.28. The van der Waals surface area contributed by atoms with Crippen molar-refractivity contribution in [1.82, 2.24) is 15.5 Å². The molecule has 0 saturated carbocycles. The summed E-state index contributed by atoms with van der Waals surface area (Å²) < 4.78 is 18.7. The predicted octanol–water partition coefficient (Wildman–Crippen LogP) is 1.97. The molecule has 0 aliphatic carbocycles. The number of aryl methyl sites for hydroxylation is 2. The summed E-state index contributed by atoms with van der Waals surface area (Å²) in [6.45, 7) is 2.93. The fourth-order valence-corrected chi connectivity index (χ4v) is 2.01. The molecule has 0 unspecified atom stereocenters. The molecule has 1 aromatic carbocycles. The van der Waals surface area contributed by atoms with Crippen LogP contribution >= 0.6 is 0 Å². The Bertz CT molecular complexity index is 657. The highest BCUT2D eigenvalue weighted by Gasteiger charge is 2.11. The van der Waals surface area contributed by atoms with Crippen LogP contribution in [0.5, 0.6) is 0 Å². The lowest BCUT2D eigenvalue weighted by Crippen LogP contribution is -2.25. The number of nitrogens with one attached hydrogen (secondary N) is 1. The molecule has 3 N–H and O–H groups in total. The van der Waals surface area contributed by atoms with Crippen molar-refractivity contribution in [1.29, 1.82) is 0 Å². The largest absolute Gasteiger partial charge is 0.356 e. The number of hydrogen-bond donors (Lipinski definition) is 2. The summed E-state index contributed by atoms with van der Waals surface area (Å²) >= 11 is 0. The quantitative estimate of drug-likeness (QED) is 0.725. The van der Waals surface area contributed by atoms with Crippen molar-refractivity contribution in [2.45, 2.75) is 32.6 Å². The van der Waals surface area contributed by atoms with Gasteiger partial charge in [0.05, 0.1) is 0 Å². The first-order valence-electron chi connectivity index (χ1n) is 7.66. The first-order valence-corrected chi connectivity index (χ1v) is 7.66. The van der Waals surface area contributed by atoms with Crippen molar-refractivity contribution in [3.63, 3.8) is 0 Å². The second-order valence-corrected chi connectivity index (χ2v) is 5.32. The van der Waals surface area contributed by atoms with Gasteiger partial charge in [0, 0.05) is 24.9 Å². The summed E-state index contributed by atoms with van der Waals surface area (Å²) in [6, 6.07) is 4.76. The van der Waals surface area contributed by atoms with Crippen LogP contribution in [-0.2, 0) is 11.2 Å². The Kier molecular flexibility index (Phi) is 6.22. The molecule has 0 spiro atoms. The standard InChI is InChI=1S/C16H21FN4O2/c1-11-4-5-12(10-13(11)17)16-20-15(23-21-16)7-6-14(22)19-9-3-2-8-18/h4-5,10H,2-3,6-9,18H2,1H3,(H,19,22). The third-order valence-electron chi connectivity index (χ3n) is 3.42. The molecular formula is C16H21FN4O2. The number of carbonyl (C=O) groups excluding carboxylic acids is 1. The van der Waals surface area contributed by atoms with Crippen molar-refractivity contribution < 1.29 is 13.7 Å². The van der Waals surface area contributed by atoms with Gasteiger partial charge in [-0.15, -0.1) is 0 Å². The van der Waals surface area contributed by atoms with E-state index in [4.69, 9.17) is 10.3 Å². The van der Waals surface area contributed by atoms with Gasteiger partial charge in [-0.2, -0.15) is 4.98 Å². The average molecular weight is 320 g/mol. The van der Waals surface area contributed by atoms with E-state index in [1.807, 2.05) is 0 Å². The minimum Gasteiger partial charge on any atom is -0.356 e. The summed E-state index contributed by atoms with van der Waals surface area (Å²) in [7, 11) is 0. The highest BCUT2D eigenvalue weighted by atomic mass is 19.1. The molecule has 0 aliphatic heterocycles. The predicted molar refractivity (Wildman–Crippen MR) is 84.0 cm³/mol. The third-order valence-corrected chi connectivity index (χ3v) is 3.42. The number of nitrogens with zero attached hydrogens (tertiary/aromatic N) is 2. The number of benzene rings is 1. The number of unbranched alkanes of at least 4 members (excludes halogenated alkanes) is 1. The summed E-state index contributed by atoms with van der Waals surface area (Å²) in [5.41, 5.74) is 6.49. The number of amides is 1. The van der Waals surface area contributed by atoms with E-state index in [1.54, 1.807) is 19.1 Å². The van der Waals surface area contributed by atoms with Crippen molar-refractivity contribution in [3.05, 3.63) is 35.5 Å². The van der Waals surface area contributed by atoms with Crippen molar-refractivity contribution in [3.8, 4) is 11.4 Å². The number of rotatable bonds is 8. The summed E-state index contributed by atoms with van der Waals surface area (Å²) in [4.78, 5) is 15.8.